The fourth-order valence-corrected chi connectivity index (χ4v) is 2.11. The van der Waals surface area contributed by atoms with Crippen LogP contribution < -0.4 is 5.32 Å². The molecule has 0 bridgehead atoms. The van der Waals surface area contributed by atoms with Gasteiger partial charge in [0.25, 0.3) is 0 Å². The van der Waals surface area contributed by atoms with Gasteiger partial charge in [0.15, 0.2) is 0 Å². The summed E-state index contributed by atoms with van der Waals surface area (Å²) < 4.78 is 1.87. The number of imidazole rings is 1. The maximum atomic E-state index is 11.6. The lowest BCUT2D eigenvalue weighted by Gasteiger charge is -2.09. The number of hydrogen-bond donors (Lipinski definition) is 1. The molecule has 1 aromatic heterocycles. The van der Waals surface area contributed by atoms with Crippen molar-refractivity contribution >= 4 is 28.5 Å². The number of aromatic nitrogens is 2. The van der Waals surface area contributed by atoms with Crippen LogP contribution in [0.2, 0.25) is 0 Å². The summed E-state index contributed by atoms with van der Waals surface area (Å²) in [6.45, 7) is 4.11. The highest BCUT2D eigenvalue weighted by Gasteiger charge is 2.16. The second-order valence-corrected chi connectivity index (χ2v) is 4.99. The van der Waals surface area contributed by atoms with Crippen LogP contribution in [0.4, 0.5) is 0 Å². The number of rotatable bonds is 3. The minimum absolute atomic E-state index is 0.0608. The number of likely N-dealkylation sites (N-methyl/N-ethyl adjacent to an activating group) is 1. The third-order valence-electron chi connectivity index (χ3n) is 2.87. The Balaban J connectivity index is 2.60. The summed E-state index contributed by atoms with van der Waals surface area (Å²) in [5.74, 6) is 0.662. The Morgan fingerprint density at radius 2 is 2.28 bits per heavy atom. The molecule has 96 valence electrons. The number of halogens is 1. The van der Waals surface area contributed by atoms with Gasteiger partial charge in [-0.2, -0.15) is 0 Å². The molecule has 0 aliphatic heterocycles. The number of fused-ring (bicyclic) bond motifs is 1. The van der Waals surface area contributed by atoms with Gasteiger partial charge in [-0.05, 0) is 31.5 Å². The van der Waals surface area contributed by atoms with Gasteiger partial charge in [-0.25, -0.2) is 4.98 Å². The first-order chi connectivity index (χ1) is 8.52. The predicted molar refractivity (Wildman–Crippen MR) is 72.8 cm³/mol. The number of nitrogens with one attached hydrogen (secondary N) is 1. The molecular formula is C13H16ClN3O. The zero-order valence-electron chi connectivity index (χ0n) is 10.7. The van der Waals surface area contributed by atoms with E-state index in [0.29, 0.717) is 0 Å². The van der Waals surface area contributed by atoms with Crippen molar-refractivity contribution < 1.29 is 4.79 Å². The molecule has 1 amide bonds. The summed E-state index contributed by atoms with van der Waals surface area (Å²) >= 11 is 6.13. The van der Waals surface area contributed by atoms with Crippen LogP contribution in [-0.4, -0.2) is 22.5 Å². The van der Waals surface area contributed by atoms with Crippen molar-refractivity contribution in [3.8, 4) is 0 Å². The molecule has 0 saturated carbocycles. The Hall–Kier alpha value is -1.55. The van der Waals surface area contributed by atoms with E-state index in [1.54, 1.807) is 7.05 Å². The number of carbonyl (C=O) groups is 1. The Morgan fingerprint density at radius 3 is 2.89 bits per heavy atom. The van der Waals surface area contributed by atoms with Gasteiger partial charge in [0, 0.05) is 7.05 Å². The molecule has 2 aromatic rings. The Kier molecular flexibility index (Phi) is 3.57. The first kappa shape index (κ1) is 12.9. The molecule has 4 nitrogen and oxygen atoms in total. The van der Waals surface area contributed by atoms with E-state index in [-0.39, 0.29) is 17.8 Å². The minimum atomic E-state index is -0.234. The van der Waals surface area contributed by atoms with Crippen molar-refractivity contribution in [1.29, 1.82) is 0 Å². The lowest BCUT2D eigenvalue weighted by Crippen LogP contribution is -2.24. The van der Waals surface area contributed by atoms with Crippen molar-refractivity contribution in [1.82, 2.24) is 14.9 Å². The van der Waals surface area contributed by atoms with Gasteiger partial charge in [-0.15, -0.1) is 11.6 Å². The molecule has 2 rings (SSSR count). The number of hydrogen-bond acceptors (Lipinski definition) is 2. The average Bonchev–Trinajstić information content (AvgIpc) is 2.67. The Bertz CT molecular complexity index is 589. The zero-order valence-corrected chi connectivity index (χ0v) is 11.5. The van der Waals surface area contributed by atoms with E-state index in [1.165, 1.54) is 0 Å². The van der Waals surface area contributed by atoms with Crippen LogP contribution in [0, 0.1) is 6.92 Å². The molecule has 0 spiro atoms. The maximum Gasteiger partial charge on any atom is 0.239 e. The van der Waals surface area contributed by atoms with Crippen LogP contribution in [0.1, 0.15) is 23.7 Å². The second-order valence-electron chi connectivity index (χ2n) is 4.34. The van der Waals surface area contributed by atoms with Crippen molar-refractivity contribution in [2.24, 2.45) is 0 Å². The predicted octanol–water partition coefficient (Wildman–Crippen LogP) is 2.39. The SMILES string of the molecule is CNC(=O)Cn1c(C(C)Cl)nc2ccc(C)cc21. The van der Waals surface area contributed by atoms with Gasteiger partial charge in [-0.1, -0.05) is 6.07 Å². The lowest BCUT2D eigenvalue weighted by atomic mass is 10.2. The van der Waals surface area contributed by atoms with Crippen LogP contribution in [-0.2, 0) is 11.3 Å². The molecule has 0 saturated heterocycles. The number of alkyl halides is 1. The molecular weight excluding hydrogens is 250 g/mol. The number of nitrogens with zero attached hydrogens (tertiary/aromatic N) is 2. The number of amides is 1. The quantitative estimate of drug-likeness (QED) is 0.867. The summed E-state index contributed by atoms with van der Waals surface area (Å²) in [5.41, 5.74) is 2.95. The highest BCUT2D eigenvalue weighted by atomic mass is 35.5. The Morgan fingerprint density at radius 1 is 1.56 bits per heavy atom. The second kappa shape index (κ2) is 4.98. The van der Waals surface area contributed by atoms with E-state index in [0.717, 1.165) is 22.4 Å². The lowest BCUT2D eigenvalue weighted by molar-refractivity contribution is -0.121. The van der Waals surface area contributed by atoms with Gasteiger partial charge in [0.1, 0.15) is 12.4 Å². The smallest absolute Gasteiger partial charge is 0.239 e. The van der Waals surface area contributed by atoms with Crippen LogP contribution in [0.5, 0.6) is 0 Å². The van der Waals surface area contributed by atoms with E-state index in [4.69, 9.17) is 11.6 Å². The van der Waals surface area contributed by atoms with E-state index in [1.807, 2.05) is 36.6 Å². The minimum Gasteiger partial charge on any atom is -0.358 e. The zero-order chi connectivity index (χ0) is 13.3. The first-order valence-corrected chi connectivity index (χ1v) is 6.28. The van der Waals surface area contributed by atoms with Gasteiger partial charge in [0.2, 0.25) is 5.91 Å². The molecule has 1 aromatic carbocycles. The molecule has 1 atom stereocenters. The van der Waals surface area contributed by atoms with E-state index < -0.39 is 0 Å². The summed E-state index contributed by atoms with van der Waals surface area (Å²) in [6, 6.07) is 5.98. The van der Waals surface area contributed by atoms with Crippen molar-refractivity contribution in [2.45, 2.75) is 25.8 Å². The molecule has 18 heavy (non-hydrogen) atoms. The van der Waals surface area contributed by atoms with E-state index in [2.05, 4.69) is 10.3 Å². The molecule has 5 heteroatoms. The fourth-order valence-electron chi connectivity index (χ4n) is 1.94. The molecule has 0 radical (unpaired) electrons. The normalized spacial score (nSPS) is 12.7. The van der Waals surface area contributed by atoms with Gasteiger partial charge < -0.3 is 9.88 Å². The van der Waals surface area contributed by atoms with Crippen LogP contribution in [0.3, 0.4) is 0 Å². The van der Waals surface area contributed by atoms with E-state index in [9.17, 15) is 4.79 Å². The maximum absolute atomic E-state index is 11.6. The van der Waals surface area contributed by atoms with Crippen LogP contribution >= 0.6 is 11.6 Å². The largest absolute Gasteiger partial charge is 0.358 e. The Labute approximate surface area is 111 Å². The van der Waals surface area contributed by atoms with Crippen molar-refractivity contribution in [3.05, 3.63) is 29.6 Å². The number of benzene rings is 1. The van der Waals surface area contributed by atoms with Gasteiger partial charge in [0.05, 0.1) is 16.4 Å². The summed E-state index contributed by atoms with van der Waals surface area (Å²) in [5, 5.41) is 2.38. The molecule has 1 N–H and O–H groups in total. The van der Waals surface area contributed by atoms with Crippen LogP contribution in [0.25, 0.3) is 11.0 Å². The van der Waals surface area contributed by atoms with Gasteiger partial charge in [-0.3, -0.25) is 4.79 Å². The van der Waals surface area contributed by atoms with Gasteiger partial charge >= 0.3 is 0 Å². The summed E-state index contributed by atoms with van der Waals surface area (Å²) in [7, 11) is 1.62. The third kappa shape index (κ3) is 2.34. The van der Waals surface area contributed by atoms with Crippen molar-refractivity contribution in [2.75, 3.05) is 7.05 Å². The molecule has 0 fully saturated rings. The molecule has 1 heterocycles. The topological polar surface area (TPSA) is 46.9 Å². The monoisotopic (exact) mass is 265 g/mol. The third-order valence-corrected chi connectivity index (χ3v) is 3.06. The van der Waals surface area contributed by atoms with Crippen LogP contribution in [0.15, 0.2) is 18.2 Å². The molecule has 0 aliphatic carbocycles. The number of carbonyl (C=O) groups excluding carboxylic acids is 1. The molecule has 0 aliphatic rings. The highest BCUT2D eigenvalue weighted by molar-refractivity contribution is 6.20. The average molecular weight is 266 g/mol. The fraction of sp³-hybridized carbons (Fsp3) is 0.385. The van der Waals surface area contributed by atoms with E-state index >= 15 is 0 Å². The standard InChI is InChI=1S/C13H16ClN3O/c1-8-4-5-10-11(6-8)17(7-12(18)15-3)13(16-10)9(2)14/h4-6,9H,7H2,1-3H3,(H,15,18). The summed E-state index contributed by atoms with van der Waals surface area (Å²) in [6.07, 6.45) is 0. The molecule has 1 unspecified atom stereocenters. The summed E-state index contributed by atoms with van der Waals surface area (Å²) in [4.78, 5) is 16.1. The number of aryl methyl sites for hydroxylation is 1. The first-order valence-electron chi connectivity index (χ1n) is 5.84. The highest BCUT2D eigenvalue weighted by Crippen LogP contribution is 2.25. The van der Waals surface area contributed by atoms with Crippen molar-refractivity contribution in [3.63, 3.8) is 0 Å².